The van der Waals surface area contributed by atoms with Gasteiger partial charge in [-0.05, 0) is 24.3 Å². The van der Waals surface area contributed by atoms with Gasteiger partial charge in [0.2, 0.25) is 0 Å². The van der Waals surface area contributed by atoms with E-state index < -0.39 is 5.97 Å². The topological polar surface area (TPSA) is 63.6 Å². The number of aliphatic carboxylic acids is 1. The van der Waals surface area contributed by atoms with Gasteiger partial charge in [-0.1, -0.05) is 6.58 Å². The molecule has 0 radical (unpaired) electrons. The molecule has 1 aromatic rings. The molecule has 4 heteroatoms. The largest absolute Gasteiger partial charge is 0.493 e. The molecule has 0 fully saturated rings. The van der Waals surface area contributed by atoms with E-state index in [-0.39, 0.29) is 18.6 Å². The summed E-state index contributed by atoms with van der Waals surface area (Å²) in [7, 11) is 0. The van der Waals surface area contributed by atoms with Crippen molar-refractivity contribution in [1.29, 1.82) is 0 Å². The van der Waals surface area contributed by atoms with Gasteiger partial charge in [-0.15, -0.1) is 0 Å². The smallest absolute Gasteiger partial charge is 0.331 e. The van der Waals surface area contributed by atoms with E-state index >= 15 is 0 Å². The molecule has 0 aliphatic rings. The second-order valence-electron chi connectivity index (χ2n) is 3.19. The van der Waals surface area contributed by atoms with Gasteiger partial charge >= 0.3 is 5.97 Å². The maximum Gasteiger partial charge on any atom is 0.331 e. The number of aldehydes is 1. The van der Waals surface area contributed by atoms with E-state index in [1.807, 2.05) is 0 Å². The molecule has 0 saturated carbocycles. The molecule has 0 aliphatic carbocycles. The van der Waals surface area contributed by atoms with Crippen LogP contribution in [0.2, 0.25) is 0 Å². The van der Waals surface area contributed by atoms with Crippen LogP contribution in [0.4, 0.5) is 0 Å². The second kappa shape index (κ2) is 5.70. The Balaban J connectivity index is 2.40. The van der Waals surface area contributed by atoms with Crippen LogP contribution in [0.3, 0.4) is 0 Å². The molecule has 0 aromatic heterocycles. The average Bonchev–Trinajstić information content (AvgIpc) is 2.29. The van der Waals surface area contributed by atoms with Crippen molar-refractivity contribution in [3.63, 3.8) is 0 Å². The van der Waals surface area contributed by atoms with Crippen LogP contribution in [0, 0.1) is 0 Å². The van der Waals surface area contributed by atoms with Gasteiger partial charge in [0.25, 0.3) is 0 Å². The van der Waals surface area contributed by atoms with Crippen molar-refractivity contribution in [2.75, 3.05) is 6.61 Å². The quantitative estimate of drug-likeness (QED) is 0.587. The van der Waals surface area contributed by atoms with Crippen LogP contribution in [0.15, 0.2) is 36.4 Å². The molecule has 0 unspecified atom stereocenters. The summed E-state index contributed by atoms with van der Waals surface area (Å²) in [5.74, 6) is -0.413. The van der Waals surface area contributed by atoms with Crippen molar-refractivity contribution < 1.29 is 19.4 Å². The minimum Gasteiger partial charge on any atom is -0.493 e. The summed E-state index contributed by atoms with van der Waals surface area (Å²) in [6.07, 6.45) is 1.01. The van der Waals surface area contributed by atoms with Crippen LogP contribution in [0.25, 0.3) is 0 Å². The van der Waals surface area contributed by atoms with Crippen LogP contribution in [0.5, 0.6) is 5.75 Å². The zero-order valence-electron chi connectivity index (χ0n) is 8.68. The third-order valence-electron chi connectivity index (χ3n) is 1.99. The predicted molar refractivity (Wildman–Crippen MR) is 58.7 cm³/mol. The highest BCUT2D eigenvalue weighted by molar-refractivity contribution is 5.85. The standard InChI is InChI=1S/C12H12O4/c1-9(12(14)15)6-7-16-11-4-2-10(8-13)3-5-11/h2-5,8H,1,6-7H2,(H,14,15). The Morgan fingerprint density at radius 1 is 1.38 bits per heavy atom. The van der Waals surface area contributed by atoms with Gasteiger partial charge in [0, 0.05) is 17.6 Å². The minimum absolute atomic E-state index is 0.115. The minimum atomic E-state index is -1.01. The fourth-order valence-corrected chi connectivity index (χ4v) is 1.04. The SMILES string of the molecule is C=C(CCOc1ccc(C=O)cc1)C(=O)O. The van der Waals surface area contributed by atoms with Gasteiger partial charge in [-0.3, -0.25) is 4.79 Å². The molecule has 0 bridgehead atoms. The number of hydrogen-bond acceptors (Lipinski definition) is 3. The lowest BCUT2D eigenvalue weighted by molar-refractivity contribution is -0.132. The van der Waals surface area contributed by atoms with E-state index in [2.05, 4.69) is 6.58 Å². The van der Waals surface area contributed by atoms with E-state index in [4.69, 9.17) is 9.84 Å². The molecule has 1 rings (SSSR count). The van der Waals surface area contributed by atoms with Gasteiger partial charge < -0.3 is 9.84 Å². The van der Waals surface area contributed by atoms with E-state index in [1.54, 1.807) is 24.3 Å². The first kappa shape index (κ1) is 12.0. The highest BCUT2D eigenvalue weighted by Gasteiger charge is 2.03. The van der Waals surface area contributed by atoms with Gasteiger partial charge in [-0.2, -0.15) is 0 Å². The Morgan fingerprint density at radius 3 is 2.50 bits per heavy atom. The molecule has 0 amide bonds. The number of rotatable bonds is 6. The predicted octanol–water partition coefficient (Wildman–Crippen LogP) is 1.91. The van der Waals surface area contributed by atoms with E-state index in [0.29, 0.717) is 11.3 Å². The van der Waals surface area contributed by atoms with Crippen LogP contribution < -0.4 is 4.74 Å². The third kappa shape index (κ3) is 3.57. The van der Waals surface area contributed by atoms with Crippen LogP contribution >= 0.6 is 0 Å². The summed E-state index contributed by atoms with van der Waals surface area (Å²) in [5.41, 5.74) is 0.687. The van der Waals surface area contributed by atoms with Crippen LogP contribution in [-0.4, -0.2) is 24.0 Å². The number of carboxylic acid groups (broad SMARTS) is 1. The summed E-state index contributed by atoms with van der Waals surface area (Å²) in [4.78, 5) is 20.8. The normalized spacial score (nSPS) is 9.50. The first-order valence-corrected chi connectivity index (χ1v) is 4.72. The highest BCUT2D eigenvalue weighted by atomic mass is 16.5. The molecule has 0 aliphatic heterocycles. The summed E-state index contributed by atoms with van der Waals surface area (Å²) < 4.78 is 5.29. The Morgan fingerprint density at radius 2 is 2.00 bits per heavy atom. The zero-order valence-corrected chi connectivity index (χ0v) is 8.68. The molecule has 1 N–H and O–H groups in total. The summed E-state index contributed by atoms with van der Waals surface area (Å²) in [6, 6.07) is 6.59. The fourth-order valence-electron chi connectivity index (χ4n) is 1.04. The summed E-state index contributed by atoms with van der Waals surface area (Å²) in [5, 5.41) is 8.55. The first-order valence-electron chi connectivity index (χ1n) is 4.72. The fraction of sp³-hybridized carbons (Fsp3) is 0.167. The molecule has 16 heavy (non-hydrogen) atoms. The van der Waals surface area contributed by atoms with E-state index in [9.17, 15) is 9.59 Å². The maximum absolute atomic E-state index is 10.4. The lowest BCUT2D eigenvalue weighted by Crippen LogP contribution is -2.05. The Labute approximate surface area is 93.2 Å². The first-order chi connectivity index (χ1) is 7.63. The summed E-state index contributed by atoms with van der Waals surface area (Å²) in [6.45, 7) is 3.64. The second-order valence-corrected chi connectivity index (χ2v) is 3.19. The number of hydrogen-bond donors (Lipinski definition) is 1. The number of carboxylic acids is 1. The van der Waals surface area contributed by atoms with Crippen LogP contribution in [-0.2, 0) is 4.79 Å². The Kier molecular flexibility index (Phi) is 4.27. The molecule has 1 aromatic carbocycles. The van der Waals surface area contributed by atoms with Crippen LogP contribution in [0.1, 0.15) is 16.8 Å². The van der Waals surface area contributed by atoms with Gasteiger partial charge in [0.15, 0.2) is 0 Å². The third-order valence-corrected chi connectivity index (χ3v) is 1.99. The maximum atomic E-state index is 10.4. The number of benzene rings is 1. The number of carbonyl (C=O) groups excluding carboxylic acids is 1. The molecule has 0 spiro atoms. The lowest BCUT2D eigenvalue weighted by atomic mass is 10.2. The molecule has 84 valence electrons. The number of carbonyl (C=O) groups is 2. The van der Waals surface area contributed by atoms with Gasteiger partial charge in [-0.25, -0.2) is 4.79 Å². The highest BCUT2D eigenvalue weighted by Crippen LogP contribution is 2.12. The van der Waals surface area contributed by atoms with E-state index in [0.717, 1.165) is 6.29 Å². The Hall–Kier alpha value is -2.10. The average molecular weight is 220 g/mol. The van der Waals surface area contributed by atoms with E-state index in [1.165, 1.54) is 0 Å². The van der Waals surface area contributed by atoms with Crippen molar-refractivity contribution in [1.82, 2.24) is 0 Å². The van der Waals surface area contributed by atoms with Crippen molar-refractivity contribution in [2.24, 2.45) is 0 Å². The lowest BCUT2D eigenvalue weighted by Gasteiger charge is -2.05. The molecule has 0 heterocycles. The molecule has 4 nitrogen and oxygen atoms in total. The number of ether oxygens (including phenoxy) is 1. The van der Waals surface area contributed by atoms with Crippen molar-refractivity contribution in [3.8, 4) is 5.75 Å². The molecular formula is C12H12O4. The van der Waals surface area contributed by atoms with Crippen molar-refractivity contribution >= 4 is 12.3 Å². The molecule has 0 saturated heterocycles. The summed E-state index contributed by atoms with van der Waals surface area (Å²) >= 11 is 0. The van der Waals surface area contributed by atoms with Gasteiger partial charge in [0.05, 0.1) is 6.61 Å². The monoisotopic (exact) mass is 220 g/mol. The van der Waals surface area contributed by atoms with Gasteiger partial charge in [0.1, 0.15) is 12.0 Å². The Bertz CT molecular complexity index is 392. The zero-order chi connectivity index (χ0) is 12.0. The molecular weight excluding hydrogens is 208 g/mol. The van der Waals surface area contributed by atoms with Crippen molar-refractivity contribution in [3.05, 3.63) is 42.0 Å². The molecule has 0 atom stereocenters. The van der Waals surface area contributed by atoms with Crippen molar-refractivity contribution in [2.45, 2.75) is 6.42 Å².